The molecule has 2 aromatic carbocycles. The van der Waals surface area contributed by atoms with Crippen LogP contribution in [-0.4, -0.2) is 35.4 Å². The van der Waals surface area contributed by atoms with Gasteiger partial charge in [-0.25, -0.2) is 0 Å². The van der Waals surface area contributed by atoms with E-state index in [1.807, 2.05) is 18.2 Å². The maximum atomic E-state index is 12.7. The van der Waals surface area contributed by atoms with Crippen molar-refractivity contribution >= 4 is 29.1 Å². The quantitative estimate of drug-likeness (QED) is 0.701. The Bertz CT molecular complexity index is 1120. The van der Waals surface area contributed by atoms with Crippen molar-refractivity contribution in [2.24, 2.45) is 0 Å². The van der Waals surface area contributed by atoms with E-state index in [9.17, 15) is 14.4 Å². The summed E-state index contributed by atoms with van der Waals surface area (Å²) in [6, 6.07) is 16.7. The maximum Gasteiger partial charge on any atom is 0.257 e. The average molecular weight is 410 g/mol. The molecule has 0 fully saturated rings. The van der Waals surface area contributed by atoms with Crippen molar-refractivity contribution in [2.45, 2.75) is 6.54 Å². The van der Waals surface area contributed by atoms with Crippen LogP contribution < -0.4 is 10.9 Å². The zero-order valence-corrected chi connectivity index (χ0v) is 16.8. The first-order chi connectivity index (χ1) is 13.8. The fraction of sp³-hybridized carbons (Fsp3) is 0.136. The molecule has 0 radical (unpaired) electrons. The van der Waals surface area contributed by atoms with Gasteiger partial charge < -0.3 is 14.8 Å². The molecule has 2 amide bonds. The van der Waals surface area contributed by atoms with Gasteiger partial charge in [0.05, 0.1) is 12.1 Å². The van der Waals surface area contributed by atoms with Crippen molar-refractivity contribution in [3.05, 3.63) is 98.9 Å². The van der Waals surface area contributed by atoms with Crippen LogP contribution in [0.5, 0.6) is 0 Å². The van der Waals surface area contributed by atoms with E-state index in [0.29, 0.717) is 21.8 Å². The Balaban J connectivity index is 1.82. The summed E-state index contributed by atoms with van der Waals surface area (Å²) in [6.45, 7) is 0.256. The number of aromatic nitrogens is 1. The van der Waals surface area contributed by atoms with Crippen LogP contribution in [0.25, 0.3) is 0 Å². The van der Waals surface area contributed by atoms with Crippen molar-refractivity contribution in [1.29, 1.82) is 0 Å². The molecule has 7 heteroatoms. The summed E-state index contributed by atoms with van der Waals surface area (Å²) in [4.78, 5) is 38.4. The molecule has 148 valence electrons. The first-order valence-corrected chi connectivity index (χ1v) is 9.30. The lowest BCUT2D eigenvalue weighted by molar-refractivity contribution is 0.0827. The van der Waals surface area contributed by atoms with Gasteiger partial charge in [-0.15, -0.1) is 0 Å². The highest BCUT2D eigenvalue weighted by atomic mass is 35.5. The molecule has 1 N–H and O–H groups in total. The second kappa shape index (κ2) is 8.75. The molecule has 0 aliphatic carbocycles. The molecule has 0 saturated carbocycles. The summed E-state index contributed by atoms with van der Waals surface area (Å²) in [5, 5.41) is 3.32. The summed E-state index contributed by atoms with van der Waals surface area (Å²) in [5.74, 6) is -0.540. The monoisotopic (exact) mass is 409 g/mol. The Labute approximate surface area is 173 Å². The molecule has 0 saturated heterocycles. The molecule has 6 nitrogen and oxygen atoms in total. The Hall–Kier alpha value is -3.38. The number of halogens is 1. The Morgan fingerprint density at radius 2 is 1.76 bits per heavy atom. The molecule has 0 unspecified atom stereocenters. The molecule has 0 spiro atoms. The minimum Gasteiger partial charge on any atom is -0.345 e. The van der Waals surface area contributed by atoms with Gasteiger partial charge in [0, 0.05) is 42.6 Å². The Morgan fingerprint density at radius 3 is 2.48 bits per heavy atom. The van der Waals surface area contributed by atoms with Crippen LogP contribution in [0.1, 0.15) is 26.3 Å². The van der Waals surface area contributed by atoms with Gasteiger partial charge in [0.2, 0.25) is 0 Å². The van der Waals surface area contributed by atoms with E-state index < -0.39 is 0 Å². The van der Waals surface area contributed by atoms with E-state index in [1.165, 1.54) is 27.8 Å². The second-order valence-corrected chi connectivity index (χ2v) is 7.12. The SMILES string of the molecule is CN(C)C(=O)c1cccc(NC(=O)c2ccc(=O)n(Cc3ccccc3Cl)c2)c1. The Kier molecular flexibility index (Phi) is 6.14. The molecule has 0 aliphatic rings. The van der Waals surface area contributed by atoms with E-state index in [1.54, 1.807) is 44.4 Å². The number of carbonyl (C=O) groups is 2. The van der Waals surface area contributed by atoms with E-state index in [2.05, 4.69) is 5.32 Å². The zero-order chi connectivity index (χ0) is 21.0. The first kappa shape index (κ1) is 20.4. The number of pyridine rings is 1. The number of amides is 2. The number of nitrogens with one attached hydrogen (secondary N) is 1. The van der Waals surface area contributed by atoms with Crippen molar-refractivity contribution in [3.8, 4) is 0 Å². The molecule has 3 rings (SSSR count). The molecule has 0 bridgehead atoms. The second-order valence-electron chi connectivity index (χ2n) is 6.71. The molecule has 3 aromatic rings. The first-order valence-electron chi connectivity index (χ1n) is 8.92. The third kappa shape index (κ3) is 4.92. The molecular weight excluding hydrogens is 390 g/mol. The lowest BCUT2D eigenvalue weighted by atomic mass is 10.1. The number of carbonyl (C=O) groups excluding carboxylic acids is 2. The number of nitrogens with zero attached hydrogens (tertiary/aromatic N) is 2. The van der Waals surface area contributed by atoms with Crippen molar-refractivity contribution in [1.82, 2.24) is 9.47 Å². The summed E-state index contributed by atoms with van der Waals surface area (Å²) in [6.07, 6.45) is 1.50. The summed E-state index contributed by atoms with van der Waals surface area (Å²) < 4.78 is 1.43. The molecular formula is C22H20ClN3O3. The van der Waals surface area contributed by atoms with Gasteiger partial charge in [0.25, 0.3) is 17.4 Å². The van der Waals surface area contributed by atoms with Crippen LogP contribution >= 0.6 is 11.6 Å². The number of rotatable bonds is 5. The van der Waals surface area contributed by atoms with E-state index >= 15 is 0 Å². The van der Waals surface area contributed by atoms with Gasteiger partial charge in [-0.3, -0.25) is 14.4 Å². The van der Waals surface area contributed by atoms with Gasteiger partial charge >= 0.3 is 0 Å². The highest BCUT2D eigenvalue weighted by molar-refractivity contribution is 6.31. The topological polar surface area (TPSA) is 71.4 Å². The lowest BCUT2D eigenvalue weighted by Gasteiger charge is -2.12. The van der Waals surface area contributed by atoms with E-state index in [0.717, 1.165) is 5.56 Å². The third-order valence-corrected chi connectivity index (χ3v) is 4.69. The van der Waals surface area contributed by atoms with Gasteiger partial charge in [0.15, 0.2) is 0 Å². The normalized spacial score (nSPS) is 10.4. The van der Waals surface area contributed by atoms with Crippen molar-refractivity contribution < 1.29 is 9.59 Å². The average Bonchev–Trinajstić information content (AvgIpc) is 2.70. The molecule has 1 aromatic heterocycles. The number of anilines is 1. The predicted octanol–water partition coefficient (Wildman–Crippen LogP) is 3.50. The van der Waals surface area contributed by atoms with Crippen LogP contribution in [0.4, 0.5) is 5.69 Å². The smallest absolute Gasteiger partial charge is 0.257 e. The highest BCUT2D eigenvalue weighted by Crippen LogP contribution is 2.16. The lowest BCUT2D eigenvalue weighted by Crippen LogP contribution is -2.23. The van der Waals surface area contributed by atoms with Gasteiger partial charge in [0.1, 0.15) is 0 Å². The molecule has 29 heavy (non-hydrogen) atoms. The predicted molar refractivity (Wildman–Crippen MR) is 114 cm³/mol. The van der Waals surface area contributed by atoms with E-state index in [-0.39, 0.29) is 23.9 Å². The number of hydrogen-bond donors (Lipinski definition) is 1. The minimum absolute atomic E-state index is 0.158. The fourth-order valence-corrected chi connectivity index (χ4v) is 2.99. The molecule has 1 heterocycles. The highest BCUT2D eigenvalue weighted by Gasteiger charge is 2.12. The minimum atomic E-state index is -0.382. The fourth-order valence-electron chi connectivity index (χ4n) is 2.79. The summed E-state index contributed by atoms with van der Waals surface area (Å²) in [5.41, 5.74) is 1.83. The maximum absolute atomic E-state index is 12.7. The number of hydrogen-bond acceptors (Lipinski definition) is 3. The van der Waals surface area contributed by atoms with Crippen LogP contribution in [0.15, 0.2) is 71.7 Å². The van der Waals surface area contributed by atoms with Crippen molar-refractivity contribution in [2.75, 3.05) is 19.4 Å². The standard InChI is InChI=1S/C22H20ClN3O3/c1-25(2)22(29)15-7-5-8-18(12-15)24-21(28)17-10-11-20(27)26(14-17)13-16-6-3-4-9-19(16)23/h3-12,14H,13H2,1-2H3,(H,24,28). The van der Waals surface area contributed by atoms with Gasteiger partial charge in [-0.1, -0.05) is 35.9 Å². The third-order valence-electron chi connectivity index (χ3n) is 4.32. The van der Waals surface area contributed by atoms with Crippen LogP contribution in [0.3, 0.4) is 0 Å². The van der Waals surface area contributed by atoms with Crippen molar-refractivity contribution in [3.63, 3.8) is 0 Å². The largest absolute Gasteiger partial charge is 0.345 e. The molecule has 0 aliphatic heterocycles. The van der Waals surface area contributed by atoms with Gasteiger partial charge in [-0.05, 0) is 35.9 Å². The van der Waals surface area contributed by atoms with E-state index in [4.69, 9.17) is 11.6 Å². The summed E-state index contributed by atoms with van der Waals surface area (Å²) in [7, 11) is 3.33. The van der Waals surface area contributed by atoms with Crippen LogP contribution in [-0.2, 0) is 6.54 Å². The summed E-state index contributed by atoms with van der Waals surface area (Å²) >= 11 is 6.17. The molecule has 0 atom stereocenters. The Morgan fingerprint density at radius 1 is 1.00 bits per heavy atom. The van der Waals surface area contributed by atoms with Crippen LogP contribution in [0, 0.1) is 0 Å². The van der Waals surface area contributed by atoms with Gasteiger partial charge in [-0.2, -0.15) is 0 Å². The van der Waals surface area contributed by atoms with Crippen LogP contribution in [0.2, 0.25) is 5.02 Å². The zero-order valence-electron chi connectivity index (χ0n) is 16.1. The number of benzene rings is 2.